The molecule has 1 saturated heterocycles. The standard InChI is InChI=1S/C24H26N4O/c1-27(2)20-10-12-28(13-11-20)16-17-6-8-18(9-7-17)23-14-22-19(15-25)4-3-5-21(22)24(29)26-23/h3-9,14,20H,10-13,16H2,1-2H3,(H,26,29). The number of likely N-dealkylation sites (tertiary alicyclic amines) is 1. The summed E-state index contributed by atoms with van der Waals surface area (Å²) in [5.41, 5.74) is 3.32. The molecule has 3 aromatic rings. The van der Waals surface area contributed by atoms with E-state index < -0.39 is 0 Å². The summed E-state index contributed by atoms with van der Waals surface area (Å²) in [6.45, 7) is 3.20. The number of pyridine rings is 1. The second kappa shape index (κ2) is 8.20. The minimum atomic E-state index is -0.164. The van der Waals surface area contributed by atoms with Crippen LogP contribution in [0.3, 0.4) is 0 Å². The number of hydrogen-bond acceptors (Lipinski definition) is 4. The molecule has 0 bridgehead atoms. The van der Waals surface area contributed by atoms with Gasteiger partial charge in [-0.15, -0.1) is 0 Å². The summed E-state index contributed by atoms with van der Waals surface area (Å²) in [7, 11) is 4.32. The Hall–Kier alpha value is -2.94. The summed E-state index contributed by atoms with van der Waals surface area (Å²) >= 11 is 0. The van der Waals surface area contributed by atoms with Crippen molar-refractivity contribution in [2.75, 3.05) is 27.2 Å². The average molecular weight is 386 g/mol. The van der Waals surface area contributed by atoms with Crippen molar-refractivity contribution in [2.45, 2.75) is 25.4 Å². The number of benzene rings is 2. The van der Waals surface area contributed by atoms with Gasteiger partial charge in [0.2, 0.25) is 0 Å². The van der Waals surface area contributed by atoms with Crippen LogP contribution in [-0.2, 0) is 6.54 Å². The average Bonchev–Trinajstić information content (AvgIpc) is 2.74. The second-order valence-electron chi connectivity index (χ2n) is 8.06. The Labute approximate surface area is 171 Å². The Morgan fingerprint density at radius 2 is 1.83 bits per heavy atom. The van der Waals surface area contributed by atoms with Gasteiger partial charge in [-0.2, -0.15) is 5.26 Å². The molecule has 2 aromatic carbocycles. The van der Waals surface area contributed by atoms with Gasteiger partial charge in [-0.25, -0.2) is 0 Å². The van der Waals surface area contributed by atoms with E-state index in [-0.39, 0.29) is 5.56 Å². The fourth-order valence-electron chi connectivity index (χ4n) is 4.18. The van der Waals surface area contributed by atoms with Gasteiger partial charge in [-0.3, -0.25) is 9.69 Å². The third kappa shape index (κ3) is 4.09. The van der Waals surface area contributed by atoms with Crippen molar-refractivity contribution in [2.24, 2.45) is 0 Å². The highest BCUT2D eigenvalue weighted by atomic mass is 16.1. The third-order valence-electron chi connectivity index (χ3n) is 5.97. The number of nitrogens with one attached hydrogen (secondary N) is 1. The van der Waals surface area contributed by atoms with Gasteiger partial charge in [0.25, 0.3) is 5.56 Å². The first-order chi connectivity index (χ1) is 14.0. The van der Waals surface area contributed by atoms with Crippen LogP contribution in [0.5, 0.6) is 0 Å². The second-order valence-corrected chi connectivity index (χ2v) is 8.06. The Morgan fingerprint density at radius 1 is 1.10 bits per heavy atom. The predicted octanol–water partition coefficient (Wildman–Crippen LogP) is 3.59. The van der Waals surface area contributed by atoms with Gasteiger partial charge in [0.15, 0.2) is 0 Å². The Bertz CT molecular complexity index is 1100. The summed E-state index contributed by atoms with van der Waals surface area (Å²) in [5, 5.41) is 10.6. The minimum Gasteiger partial charge on any atom is -0.321 e. The van der Waals surface area contributed by atoms with Gasteiger partial charge < -0.3 is 9.88 Å². The number of rotatable bonds is 4. The number of fused-ring (bicyclic) bond motifs is 1. The molecule has 0 radical (unpaired) electrons. The van der Waals surface area contributed by atoms with E-state index in [1.165, 1.54) is 18.4 Å². The number of aromatic amines is 1. The van der Waals surface area contributed by atoms with E-state index in [4.69, 9.17) is 0 Å². The van der Waals surface area contributed by atoms with E-state index in [0.717, 1.165) is 30.9 Å². The van der Waals surface area contributed by atoms with Crippen LogP contribution in [0.4, 0.5) is 0 Å². The maximum atomic E-state index is 12.5. The number of hydrogen-bond donors (Lipinski definition) is 1. The topological polar surface area (TPSA) is 63.1 Å². The van der Waals surface area contributed by atoms with Gasteiger partial charge in [0.1, 0.15) is 0 Å². The SMILES string of the molecule is CN(C)C1CCN(Cc2ccc(-c3cc4c(C#N)cccc4c(=O)[nH]3)cc2)CC1. The van der Waals surface area contributed by atoms with E-state index in [1.807, 2.05) is 18.2 Å². The summed E-state index contributed by atoms with van der Waals surface area (Å²) in [4.78, 5) is 20.3. The first-order valence-corrected chi connectivity index (χ1v) is 10.1. The number of H-pyrrole nitrogens is 1. The highest BCUT2D eigenvalue weighted by Gasteiger charge is 2.20. The maximum Gasteiger partial charge on any atom is 0.256 e. The Kier molecular flexibility index (Phi) is 5.48. The molecule has 2 heterocycles. The van der Waals surface area contributed by atoms with E-state index in [9.17, 15) is 10.1 Å². The van der Waals surface area contributed by atoms with Crippen LogP contribution < -0.4 is 5.56 Å². The van der Waals surface area contributed by atoms with Crippen molar-refractivity contribution < 1.29 is 0 Å². The molecular weight excluding hydrogens is 360 g/mol. The molecule has 0 unspecified atom stereocenters. The van der Waals surface area contributed by atoms with Gasteiger partial charge in [0, 0.05) is 29.1 Å². The lowest BCUT2D eigenvalue weighted by Crippen LogP contribution is -2.41. The van der Waals surface area contributed by atoms with Crippen LogP contribution in [-0.4, -0.2) is 48.0 Å². The van der Waals surface area contributed by atoms with Crippen LogP contribution in [0.2, 0.25) is 0 Å². The molecule has 1 N–H and O–H groups in total. The van der Waals surface area contributed by atoms with Gasteiger partial charge >= 0.3 is 0 Å². The molecule has 5 nitrogen and oxygen atoms in total. The molecule has 0 atom stereocenters. The molecule has 1 aliphatic heterocycles. The summed E-state index contributed by atoms with van der Waals surface area (Å²) in [6.07, 6.45) is 2.43. The summed E-state index contributed by atoms with van der Waals surface area (Å²) in [5.74, 6) is 0. The van der Waals surface area contributed by atoms with Crippen molar-refractivity contribution in [3.05, 3.63) is 70.0 Å². The quantitative estimate of drug-likeness (QED) is 0.744. The number of piperidine rings is 1. The molecule has 1 aromatic heterocycles. The fourth-order valence-corrected chi connectivity index (χ4v) is 4.18. The molecule has 29 heavy (non-hydrogen) atoms. The molecule has 1 fully saturated rings. The highest BCUT2D eigenvalue weighted by Crippen LogP contribution is 2.23. The number of nitrogens with zero attached hydrogens (tertiary/aromatic N) is 3. The summed E-state index contributed by atoms with van der Waals surface area (Å²) < 4.78 is 0. The van der Waals surface area contributed by atoms with Crippen LogP contribution in [0.15, 0.2) is 53.3 Å². The Morgan fingerprint density at radius 3 is 2.48 bits per heavy atom. The maximum absolute atomic E-state index is 12.5. The first-order valence-electron chi connectivity index (χ1n) is 10.1. The molecule has 0 amide bonds. The lowest BCUT2D eigenvalue weighted by atomic mass is 10.0. The predicted molar refractivity (Wildman–Crippen MR) is 117 cm³/mol. The monoisotopic (exact) mass is 386 g/mol. The van der Waals surface area contributed by atoms with E-state index in [0.29, 0.717) is 22.4 Å². The first kappa shape index (κ1) is 19.4. The molecule has 4 rings (SSSR count). The number of nitriles is 1. The third-order valence-corrected chi connectivity index (χ3v) is 5.97. The molecular formula is C24H26N4O. The lowest BCUT2D eigenvalue weighted by Gasteiger charge is -2.35. The van der Waals surface area contributed by atoms with E-state index in [1.54, 1.807) is 18.2 Å². The van der Waals surface area contributed by atoms with Gasteiger partial charge in [-0.05, 0) is 69.4 Å². The van der Waals surface area contributed by atoms with E-state index >= 15 is 0 Å². The summed E-state index contributed by atoms with van der Waals surface area (Å²) in [6, 6.07) is 18.4. The van der Waals surface area contributed by atoms with Crippen LogP contribution in [0, 0.1) is 11.3 Å². The molecule has 148 valence electrons. The molecule has 1 aliphatic rings. The molecule has 5 heteroatoms. The highest BCUT2D eigenvalue weighted by molar-refractivity contribution is 5.89. The normalized spacial score (nSPS) is 15.7. The van der Waals surface area contributed by atoms with Gasteiger partial charge in [0.05, 0.1) is 11.6 Å². The van der Waals surface area contributed by atoms with Gasteiger partial charge in [-0.1, -0.05) is 30.3 Å². The fraction of sp³-hybridized carbons (Fsp3) is 0.333. The zero-order chi connectivity index (χ0) is 20.4. The minimum absolute atomic E-state index is 0.164. The zero-order valence-corrected chi connectivity index (χ0v) is 17.0. The van der Waals surface area contributed by atoms with Crippen LogP contribution in [0.25, 0.3) is 22.0 Å². The molecule has 0 aliphatic carbocycles. The van der Waals surface area contributed by atoms with Crippen molar-refractivity contribution in [3.63, 3.8) is 0 Å². The zero-order valence-electron chi connectivity index (χ0n) is 17.0. The Balaban J connectivity index is 1.53. The van der Waals surface area contributed by atoms with Crippen LogP contribution in [0.1, 0.15) is 24.0 Å². The lowest BCUT2D eigenvalue weighted by molar-refractivity contribution is 0.140. The smallest absolute Gasteiger partial charge is 0.256 e. The van der Waals surface area contributed by atoms with Crippen molar-refractivity contribution in [1.29, 1.82) is 5.26 Å². The number of aromatic nitrogens is 1. The van der Waals surface area contributed by atoms with Crippen molar-refractivity contribution >= 4 is 10.8 Å². The van der Waals surface area contributed by atoms with Crippen molar-refractivity contribution in [1.82, 2.24) is 14.8 Å². The van der Waals surface area contributed by atoms with Crippen LogP contribution >= 0.6 is 0 Å². The molecule has 0 saturated carbocycles. The largest absolute Gasteiger partial charge is 0.321 e. The van der Waals surface area contributed by atoms with Crippen molar-refractivity contribution in [3.8, 4) is 17.3 Å². The van der Waals surface area contributed by atoms with E-state index in [2.05, 4.69) is 47.1 Å². The molecule has 0 spiro atoms.